The van der Waals surface area contributed by atoms with Gasteiger partial charge >= 0.3 is 5.97 Å². The predicted molar refractivity (Wildman–Crippen MR) is 68.9 cm³/mol. The summed E-state index contributed by atoms with van der Waals surface area (Å²) in [6.07, 6.45) is 0. The fourth-order valence-electron chi connectivity index (χ4n) is 1.79. The van der Waals surface area contributed by atoms with Crippen LogP contribution in [0, 0.1) is 12.7 Å². The summed E-state index contributed by atoms with van der Waals surface area (Å²) in [5, 5.41) is 9.00. The molecule has 1 aliphatic rings. The van der Waals surface area contributed by atoms with Gasteiger partial charge in [0, 0.05) is 5.75 Å². The highest BCUT2D eigenvalue weighted by atomic mass is 32.2. The zero-order valence-corrected chi connectivity index (χ0v) is 11.7. The maximum absolute atomic E-state index is 13.7. The maximum atomic E-state index is 13.7. The van der Waals surface area contributed by atoms with Gasteiger partial charge in [0.1, 0.15) is 16.8 Å². The molecule has 104 valence electrons. The van der Waals surface area contributed by atoms with Crippen molar-refractivity contribution < 1.29 is 22.7 Å². The minimum Gasteiger partial charge on any atom is -0.480 e. The number of aryl methyl sites for hydroxylation is 1. The van der Waals surface area contributed by atoms with Crippen LogP contribution >= 0.6 is 11.8 Å². The number of thioether (sulfide) groups is 1. The third-order valence-electron chi connectivity index (χ3n) is 2.80. The second-order valence-electron chi connectivity index (χ2n) is 4.18. The highest BCUT2D eigenvalue weighted by Gasteiger charge is 2.41. The van der Waals surface area contributed by atoms with Crippen LogP contribution in [0.4, 0.5) is 4.39 Å². The summed E-state index contributed by atoms with van der Waals surface area (Å²) in [7, 11) is -4.13. The number of rotatable bonds is 3. The highest BCUT2D eigenvalue weighted by Crippen LogP contribution is 2.29. The third kappa shape index (κ3) is 2.60. The Morgan fingerprint density at radius 1 is 1.53 bits per heavy atom. The van der Waals surface area contributed by atoms with Gasteiger partial charge in [-0.25, -0.2) is 12.8 Å². The molecule has 1 N–H and O–H groups in total. The summed E-state index contributed by atoms with van der Waals surface area (Å²) < 4.78 is 39.2. The molecule has 1 aromatic rings. The van der Waals surface area contributed by atoms with Gasteiger partial charge in [0.05, 0.1) is 5.88 Å². The molecule has 0 radical (unpaired) electrons. The lowest BCUT2D eigenvalue weighted by Crippen LogP contribution is -2.41. The van der Waals surface area contributed by atoms with E-state index in [2.05, 4.69) is 0 Å². The van der Waals surface area contributed by atoms with Crippen molar-refractivity contribution in [2.24, 2.45) is 0 Å². The van der Waals surface area contributed by atoms with Gasteiger partial charge in [-0.2, -0.15) is 4.31 Å². The Kier molecular flexibility index (Phi) is 3.84. The van der Waals surface area contributed by atoms with Crippen molar-refractivity contribution in [3.63, 3.8) is 0 Å². The molecular weight excluding hydrogens is 293 g/mol. The molecule has 0 spiro atoms. The van der Waals surface area contributed by atoms with Gasteiger partial charge in [0.15, 0.2) is 0 Å². The first-order valence-electron chi connectivity index (χ1n) is 5.42. The van der Waals surface area contributed by atoms with E-state index in [4.69, 9.17) is 5.11 Å². The molecule has 1 heterocycles. The van der Waals surface area contributed by atoms with Gasteiger partial charge in [0.25, 0.3) is 0 Å². The number of benzene rings is 1. The number of carbonyl (C=O) groups is 1. The van der Waals surface area contributed by atoms with Crippen LogP contribution in [0.2, 0.25) is 0 Å². The normalized spacial score (nSPS) is 20.6. The van der Waals surface area contributed by atoms with Crippen LogP contribution in [0.15, 0.2) is 23.1 Å². The number of aliphatic carboxylic acids is 1. The van der Waals surface area contributed by atoms with Crippen LogP contribution < -0.4 is 0 Å². The van der Waals surface area contributed by atoms with Crippen LogP contribution in [-0.2, 0) is 14.8 Å². The first-order valence-corrected chi connectivity index (χ1v) is 8.02. The SMILES string of the molecule is Cc1ccc(F)c(S(=O)(=O)N2CSC[C@H]2C(=O)O)c1. The Morgan fingerprint density at radius 2 is 2.21 bits per heavy atom. The lowest BCUT2D eigenvalue weighted by Gasteiger charge is -2.20. The summed E-state index contributed by atoms with van der Waals surface area (Å²) >= 11 is 1.19. The number of sulfonamides is 1. The van der Waals surface area contributed by atoms with Crippen molar-refractivity contribution in [3.8, 4) is 0 Å². The first kappa shape index (κ1) is 14.3. The molecule has 1 saturated heterocycles. The van der Waals surface area contributed by atoms with Crippen LogP contribution in [0.1, 0.15) is 5.56 Å². The second kappa shape index (κ2) is 5.10. The van der Waals surface area contributed by atoms with Gasteiger partial charge in [-0.15, -0.1) is 11.8 Å². The zero-order valence-electron chi connectivity index (χ0n) is 10.0. The van der Waals surface area contributed by atoms with E-state index >= 15 is 0 Å². The summed E-state index contributed by atoms with van der Waals surface area (Å²) in [5.74, 6) is -1.90. The van der Waals surface area contributed by atoms with Gasteiger partial charge < -0.3 is 5.11 Å². The van der Waals surface area contributed by atoms with Gasteiger partial charge in [-0.05, 0) is 24.6 Å². The van der Waals surface area contributed by atoms with Crippen LogP contribution in [0.5, 0.6) is 0 Å². The fraction of sp³-hybridized carbons (Fsp3) is 0.364. The van der Waals surface area contributed by atoms with Crippen LogP contribution in [-0.4, -0.2) is 41.5 Å². The van der Waals surface area contributed by atoms with Gasteiger partial charge in [0.2, 0.25) is 10.0 Å². The van der Waals surface area contributed by atoms with Crippen molar-refractivity contribution in [1.82, 2.24) is 4.31 Å². The summed E-state index contributed by atoms with van der Waals surface area (Å²) in [6, 6.07) is 2.60. The molecule has 1 fully saturated rings. The van der Waals surface area contributed by atoms with Gasteiger partial charge in [-0.3, -0.25) is 4.79 Å². The first-order chi connectivity index (χ1) is 8.84. The Labute approximate surface area is 114 Å². The third-order valence-corrected chi connectivity index (χ3v) is 5.85. The molecule has 1 aromatic carbocycles. The van der Waals surface area contributed by atoms with E-state index in [1.807, 2.05) is 0 Å². The average Bonchev–Trinajstić information content (AvgIpc) is 2.82. The molecule has 0 amide bonds. The van der Waals surface area contributed by atoms with E-state index in [0.717, 1.165) is 10.4 Å². The molecule has 2 rings (SSSR count). The number of halogens is 1. The maximum Gasteiger partial charge on any atom is 0.322 e. The molecule has 0 aromatic heterocycles. The summed E-state index contributed by atoms with van der Waals surface area (Å²) in [5.41, 5.74) is 0.596. The van der Waals surface area contributed by atoms with Crippen molar-refractivity contribution in [2.45, 2.75) is 17.9 Å². The van der Waals surface area contributed by atoms with E-state index in [1.54, 1.807) is 6.92 Å². The lowest BCUT2D eigenvalue weighted by molar-refractivity contribution is -0.140. The molecule has 19 heavy (non-hydrogen) atoms. The number of hydrogen-bond donors (Lipinski definition) is 1. The molecule has 8 heteroatoms. The van der Waals surface area contributed by atoms with E-state index in [-0.39, 0.29) is 11.6 Å². The highest BCUT2D eigenvalue weighted by molar-refractivity contribution is 8.00. The predicted octanol–water partition coefficient (Wildman–Crippen LogP) is 1.28. The summed E-state index contributed by atoms with van der Waals surface area (Å²) in [6.45, 7) is 1.64. The molecule has 0 unspecified atom stereocenters. The van der Waals surface area contributed by atoms with Crippen LogP contribution in [0.25, 0.3) is 0 Å². The van der Waals surface area contributed by atoms with Crippen molar-refractivity contribution in [2.75, 3.05) is 11.6 Å². The smallest absolute Gasteiger partial charge is 0.322 e. The Balaban J connectivity index is 2.48. The lowest BCUT2D eigenvalue weighted by atomic mass is 10.2. The molecule has 0 bridgehead atoms. The van der Waals surface area contributed by atoms with Crippen molar-refractivity contribution >= 4 is 27.8 Å². The largest absolute Gasteiger partial charge is 0.480 e. The van der Waals surface area contributed by atoms with Crippen molar-refractivity contribution in [1.29, 1.82) is 0 Å². The quantitative estimate of drug-likeness (QED) is 0.910. The van der Waals surface area contributed by atoms with E-state index in [1.165, 1.54) is 23.9 Å². The summed E-state index contributed by atoms with van der Waals surface area (Å²) in [4.78, 5) is 10.6. The Bertz CT molecular complexity index is 617. The minimum atomic E-state index is -4.13. The second-order valence-corrected chi connectivity index (χ2v) is 7.04. The average molecular weight is 305 g/mol. The van der Waals surface area contributed by atoms with E-state index in [0.29, 0.717) is 5.56 Å². The molecular formula is C11H12FNO4S2. The standard InChI is InChI=1S/C11H12FNO4S2/c1-7-2-3-8(12)10(4-7)19(16,17)13-6-18-5-9(13)11(14)15/h2-4,9H,5-6H2,1H3,(H,14,15)/t9-/m0/s1. The number of carboxylic acids is 1. The monoisotopic (exact) mass is 305 g/mol. The fourth-order valence-corrected chi connectivity index (χ4v) is 5.08. The van der Waals surface area contributed by atoms with Crippen LogP contribution in [0.3, 0.4) is 0 Å². The topological polar surface area (TPSA) is 74.7 Å². The zero-order chi connectivity index (χ0) is 14.2. The van der Waals surface area contributed by atoms with E-state index in [9.17, 15) is 17.6 Å². The molecule has 0 aliphatic carbocycles. The minimum absolute atomic E-state index is 0.0205. The Morgan fingerprint density at radius 3 is 2.84 bits per heavy atom. The van der Waals surface area contributed by atoms with E-state index < -0.39 is 32.7 Å². The molecule has 1 atom stereocenters. The molecule has 5 nitrogen and oxygen atoms in total. The van der Waals surface area contributed by atoms with Crippen molar-refractivity contribution in [3.05, 3.63) is 29.6 Å². The number of carboxylic acid groups (broad SMARTS) is 1. The van der Waals surface area contributed by atoms with Gasteiger partial charge in [-0.1, -0.05) is 6.07 Å². The number of nitrogens with zero attached hydrogens (tertiary/aromatic N) is 1. The Hall–Kier alpha value is -1.12. The molecule has 0 saturated carbocycles. The molecule has 1 aliphatic heterocycles. The number of hydrogen-bond acceptors (Lipinski definition) is 4.